The lowest BCUT2D eigenvalue weighted by Gasteiger charge is -2.33. The maximum atomic E-state index is 11.5. The molecule has 1 N–H and O–H groups in total. The van der Waals surface area contributed by atoms with E-state index in [1.54, 1.807) is 4.90 Å². The summed E-state index contributed by atoms with van der Waals surface area (Å²) in [5.74, 6) is 0. The Hall–Kier alpha value is -0.770. The maximum absolute atomic E-state index is 11.5. The predicted octanol–water partition coefficient (Wildman–Crippen LogP) is 1.61. The van der Waals surface area contributed by atoms with Crippen molar-refractivity contribution in [2.24, 2.45) is 0 Å². The molecule has 0 saturated heterocycles. The van der Waals surface area contributed by atoms with E-state index < -0.39 is 0 Å². The van der Waals surface area contributed by atoms with E-state index in [9.17, 15) is 4.79 Å². The van der Waals surface area contributed by atoms with Crippen LogP contribution >= 0.6 is 0 Å². The molecule has 0 bridgehead atoms. The van der Waals surface area contributed by atoms with Gasteiger partial charge in [-0.15, -0.1) is 0 Å². The summed E-state index contributed by atoms with van der Waals surface area (Å²) in [5, 5.41) is 3.28. The summed E-state index contributed by atoms with van der Waals surface area (Å²) in [7, 11) is 3.84. The number of rotatable bonds is 3. The van der Waals surface area contributed by atoms with Crippen LogP contribution in [0.2, 0.25) is 0 Å². The van der Waals surface area contributed by atoms with Crippen molar-refractivity contribution < 1.29 is 9.53 Å². The number of amides is 1. The van der Waals surface area contributed by atoms with E-state index in [1.807, 2.05) is 21.0 Å². The second kappa shape index (κ2) is 5.95. The standard InChI is InChI=1S/C11H22N2O2/c1-4-15-11(14)13(3)10-7-5-9(12-2)6-8-10/h9-10,12H,4-8H2,1-3H3. The van der Waals surface area contributed by atoms with Gasteiger partial charge in [0.2, 0.25) is 0 Å². The third-order valence-electron chi connectivity index (χ3n) is 3.21. The van der Waals surface area contributed by atoms with E-state index in [4.69, 9.17) is 4.74 Å². The molecular weight excluding hydrogens is 192 g/mol. The Bertz CT molecular complexity index is 201. The number of nitrogens with zero attached hydrogens (tertiary/aromatic N) is 1. The lowest BCUT2D eigenvalue weighted by molar-refractivity contribution is 0.0907. The van der Waals surface area contributed by atoms with E-state index in [1.165, 1.54) is 0 Å². The zero-order valence-corrected chi connectivity index (χ0v) is 9.95. The fraction of sp³-hybridized carbons (Fsp3) is 0.909. The van der Waals surface area contributed by atoms with E-state index in [-0.39, 0.29) is 6.09 Å². The van der Waals surface area contributed by atoms with Gasteiger partial charge in [0.25, 0.3) is 0 Å². The molecule has 0 atom stereocenters. The Labute approximate surface area is 92.0 Å². The summed E-state index contributed by atoms with van der Waals surface area (Å²) in [5.41, 5.74) is 0. The van der Waals surface area contributed by atoms with Gasteiger partial charge in [0.1, 0.15) is 0 Å². The molecule has 1 aliphatic carbocycles. The summed E-state index contributed by atoms with van der Waals surface area (Å²) >= 11 is 0. The minimum atomic E-state index is -0.189. The van der Waals surface area contributed by atoms with E-state index >= 15 is 0 Å². The van der Waals surface area contributed by atoms with Gasteiger partial charge < -0.3 is 15.0 Å². The van der Waals surface area contributed by atoms with Crippen LogP contribution in [-0.4, -0.2) is 43.8 Å². The molecule has 1 fully saturated rings. The van der Waals surface area contributed by atoms with Gasteiger partial charge >= 0.3 is 6.09 Å². The van der Waals surface area contributed by atoms with Crippen LogP contribution in [0.5, 0.6) is 0 Å². The van der Waals surface area contributed by atoms with Gasteiger partial charge in [-0.3, -0.25) is 0 Å². The predicted molar refractivity (Wildman–Crippen MR) is 59.9 cm³/mol. The van der Waals surface area contributed by atoms with Crippen molar-refractivity contribution in [3.63, 3.8) is 0 Å². The number of nitrogens with one attached hydrogen (secondary N) is 1. The Morgan fingerprint density at radius 2 is 2.00 bits per heavy atom. The highest BCUT2D eigenvalue weighted by Gasteiger charge is 2.26. The van der Waals surface area contributed by atoms with Crippen LogP contribution in [-0.2, 0) is 4.74 Å². The number of hydrogen-bond donors (Lipinski definition) is 1. The molecule has 15 heavy (non-hydrogen) atoms. The van der Waals surface area contributed by atoms with Crippen LogP contribution in [0.3, 0.4) is 0 Å². The SMILES string of the molecule is CCOC(=O)N(C)C1CCC(NC)CC1. The first-order valence-electron chi connectivity index (χ1n) is 5.75. The smallest absolute Gasteiger partial charge is 0.409 e. The second-order valence-electron chi connectivity index (χ2n) is 4.10. The first kappa shape index (κ1) is 12.3. The molecule has 4 nitrogen and oxygen atoms in total. The number of ether oxygens (including phenoxy) is 1. The molecule has 1 saturated carbocycles. The Balaban J connectivity index is 2.35. The molecular formula is C11H22N2O2. The fourth-order valence-corrected chi connectivity index (χ4v) is 2.13. The molecule has 0 aromatic heterocycles. The van der Waals surface area contributed by atoms with Crippen LogP contribution in [0.4, 0.5) is 4.79 Å². The average molecular weight is 214 g/mol. The minimum Gasteiger partial charge on any atom is -0.450 e. The van der Waals surface area contributed by atoms with Crippen molar-refractivity contribution in [2.45, 2.75) is 44.7 Å². The molecule has 4 heteroatoms. The number of hydrogen-bond acceptors (Lipinski definition) is 3. The quantitative estimate of drug-likeness (QED) is 0.776. The zero-order valence-electron chi connectivity index (χ0n) is 9.95. The van der Waals surface area contributed by atoms with E-state index in [0.717, 1.165) is 25.7 Å². The molecule has 0 aromatic rings. The van der Waals surface area contributed by atoms with E-state index in [0.29, 0.717) is 18.7 Å². The molecule has 0 heterocycles. The number of carbonyl (C=O) groups excluding carboxylic acids is 1. The monoisotopic (exact) mass is 214 g/mol. The molecule has 0 unspecified atom stereocenters. The van der Waals surface area contributed by atoms with Gasteiger partial charge in [-0.05, 0) is 39.7 Å². The normalized spacial score (nSPS) is 26.1. The lowest BCUT2D eigenvalue weighted by Crippen LogP contribution is -2.42. The van der Waals surface area contributed by atoms with Gasteiger partial charge in [-0.25, -0.2) is 4.79 Å². The van der Waals surface area contributed by atoms with Crippen LogP contribution in [0.1, 0.15) is 32.6 Å². The van der Waals surface area contributed by atoms with Crippen LogP contribution in [0.25, 0.3) is 0 Å². The zero-order chi connectivity index (χ0) is 11.3. The maximum Gasteiger partial charge on any atom is 0.409 e. The Morgan fingerprint density at radius 1 is 1.40 bits per heavy atom. The summed E-state index contributed by atoms with van der Waals surface area (Å²) in [6.45, 7) is 2.29. The summed E-state index contributed by atoms with van der Waals surface area (Å²) in [6, 6.07) is 0.977. The van der Waals surface area contributed by atoms with E-state index in [2.05, 4.69) is 5.32 Å². The van der Waals surface area contributed by atoms with Crippen molar-refractivity contribution in [1.82, 2.24) is 10.2 Å². The largest absolute Gasteiger partial charge is 0.450 e. The summed E-state index contributed by atoms with van der Waals surface area (Å²) in [4.78, 5) is 13.2. The third-order valence-corrected chi connectivity index (χ3v) is 3.21. The highest BCUT2D eigenvalue weighted by molar-refractivity contribution is 5.67. The van der Waals surface area contributed by atoms with Gasteiger partial charge in [0.05, 0.1) is 6.61 Å². The van der Waals surface area contributed by atoms with Crippen molar-refractivity contribution in [2.75, 3.05) is 20.7 Å². The molecule has 0 aliphatic heterocycles. The lowest BCUT2D eigenvalue weighted by atomic mass is 9.91. The van der Waals surface area contributed by atoms with Crippen molar-refractivity contribution >= 4 is 6.09 Å². The second-order valence-corrected chi connectivity index (χ2v) is 4.10. The van der Waals surface area contributed by atoms with Crippen molar-refractivity contribution in [1.29, 1.82) is 0 Å². The van der Waals surface area contributed by atoms with Gasteiger partial charge in [0, 0.05) is 19.1 Å². The topological polar surface area (TPSA) is 41.6 Å². The summed E-state index contributed by atoms with van der Waals surface area (Å²) < 4.78 is 4.98. The van der Waals surface area contributed by atoms with Crippen LogP contribution < -0.4 is 5.32 Å². The van der Waals surface area contributed by atoms with Crippen molar-refractivity contribution in [3.8, 4) is 0 Å². The molecule has 0 spiro atoms. The molecule has 88 valence electrons. The highest BCUT2D eigenvalue weighted by atomic mass is 16.6. The first-order chi connectivity index (χ1) is 7.19. The fourth-order valence-electron chi connectivity index (χ4n) is 2.13. The van der Waals surface area contributed by atoms with Gasteiger partial charge in [-0.2, -0.15) is 0 Å². The van der Waals surface area contributed by atoms with Gasteiger partial charge in [-0.1, -0.05) is 0 Å². The Kier molecular flexibility index (Phi) is 4.88. The minimum absolute atomic E-state index is 0.189. The van der Waals surface area contributed by atoms with Gasteiger partial charge in [0.15, 0.2) is 0 Å². The third kappa shape index (κ3) is 3.38. The van der Waals surface area contributed by atoms with Crippen LogP contribution in [0.15, 0.2) is 0 Å². The highest BCUT2D eigenvalue weighted by Crippen LogP contribution is 2.22. The first-order valence-corrected chi connectivity index (χ1v) is 5.75. The molecule has 0 aromatic carbocycles. The molecule has 1 rings (SSSR count). The number of carbonyl (C=O) groups is 1. The van der Waals surface area contributed by atoms with Crippen molar-refractivity contribution in [3.05, 3.63) is 0 Å². The molecule has 1 amide bonds. The Morgan fingerprint density at radius 3 is 2.47 bits per heavy atom. The molecule has 0 radical (unpaired) electrons. The summed E-state index contributed by atoms with van der Waals surface area (Å²) in [6.07, 6.45) is 4.24. The average Bonchev–Trinajstić information content (AvgIpc) is 2.28. The molecule has 1 aliphatic rings. The van der Waals surface area contributed by atoms with Crippen LogP contribution in [0, 0.1) is 0 Å².